The van der Waals surface area contributed by atoms with E-state index in [9.17, 15) is 4.79 Å². The number of nitrogens with zero attached hydrogens (tertiary/aromatic N) is 1. The van der Waals surface area contributed by atoms with Crippen molar-refractivity contribution >= 4 is 11.6 Å². The summed E-state index contributed by atoms with van der Waals surface area (Å²) in [7, 11) is 0. The number of nitrogens with one attached hydrogen (secondary N) is 1. The molecular formula is C22H24N2O. The Balaban J connectivity index is 1.42. The minimum Gasteiger partial charge on any atom is -0.322 e. The molecule has 3 heteroatoms. The number of benzene rings is 1. The van der Waals surface area contributed by atoms with Gasteiger partial charge in [-0.2, -0.15) is 0 Å². The van der Waals surface area contributed by atoms with Crippen LogP contribution in [0.5, 0.6) is 0 Å². The summed E-state index contributed by atoms with van der Waals surface area (Å²) in [5.41, 5.74) is 2.95. The molecule has 2 aromatic rings. The van der Waals surface area contributed by atoms with E-state index in [2.05, 4.69) is 11.4 Å². The van der Waals surface area contributed by atoms with Crippen molar-refractivity contribution in [2.45, 2.75) is 43.9 Å². The smallest absolute Gasteiger partial charge is 0.255 e. The average Bonchev–Trinajstić information content (AvgIpc) is 2.61. The molecule has 0 spiro atoms. The number of carbonyl (C=O) groups excluding carboxylic acids is 1. The Labute approximate surface area is 148 Å². The molecule has 4 aliphatic carbocycles. The Morgan fingerprint density at radius 1 is 0.960 bits per heavy atom. The van der Waals surface area contributed by atoms with E-state index in [1.807, 2.05) is 42.6 Å². The molecule has 0 atom stereocenters. The van der Waals surface area contributed by atoms with Crippen molar-refractivity contribution in [3.05, 3.63) is 59.9 Å². The first-order chi connectivity index (χ1) is 12.2. The molecule has 4 bridgehead atoms. The van der Waals surface area contributed by atoms with Gasteiger partial charge >= 0.3 is 0 Å². The largest absolute Gasteiger partial charge is 0.322 e. The molecule has 0 aliphatic heterocycles. The van der Waals surface area contributed by atoms with Gasteiger partial charge in [-0.3, -0.25) is 9.78 Å². The number of anilines is 1. The fourth-order valence-electron chi connectivity index (χ4n) is 6.01. The molecule has 1 heterocycles. The summed E-state index contributed by atoms with van der Waals surface area (Å²) >= 11 is 0. The standard InChI is InChI=1S/C22H24N2O/c25-21(24-19-4-2-1-3-5-19)18-6-7-23-20(11-18)22-12-15-8-16(13-22)10-17(9-15)14-22/h1-7,11,15-17H,8-10,12-14H2,(H,24,25). The number of rotatable bonds is 3. The van der Waals surface area contributed by atoms with Gasteiger partial charge in [0.25, 0.3) is 5.91 Å². The normalized spacial score (nSPS) is 32.6. The molecule has 128 valence electrons. The number of amides is 1. The Hall–Kier alpha value is -2.16. The highest BCUT2D eigenvalue weighted by atomic mass is 16.1. The Morgan fingerprint density at radius 2 is 1.60 bits per heavy atom. The van der Waals surface area contributed by atoms with E-state index in [1.165, 1.54) is 38.5 Å². The van der Waals surface area contributed by atoms with Gasteiger partial charge in [-0.1, -0.05) is 18.2 Å². The first-order valence-corrected chi connectivity index (χ1v) is 9.53. The van der Waals surface area contributed by atoms with Crippen LogP contribution in [0.3, 0.4) is 0 Å². The summed E-state index contributed by atoms with van der Waals surface area (Å²) in [5, 5.41) is 2.99. The topological polar surface area (TPSA) is 42.0 Å². The summed E-state index contributed by atoms with van der Waals surface area (Å²) in [6.45, 7) is 0. The second-order valence-corrected chi connectivity index (χ2v) is 8.45. The lowest BCUT2D eigenvalue weighted by Crippen LogP contribution is -2.49. The van der Waals surface area contributed by atoms with E-state index in [0.717, 1.165) is 34.7 Å². The summed E-state index contributed by atoms with van der Waals surface area (Å²) < 4.78 is 0. The van der Waals surface area contributed by atoms with Crippen molar-refractivity contribution in [1.29, 1.82) is 0 Å². The zero-order valence-corrected chi connectivity index (χ0v) is 14.4. The number of aromatic nitrogens is 1. The minimum absolute atomic E-state index is 0.0421. The van der Waals surface area contributed by atoms with Crippen molar-refractivity contribution in [3.8, 4) is 0 Å². The number of hydrogen-bond acceptors (Lipinski definition) is 2. The van der Waals surface area contributed by atoms with Crippen molar-refractivity contribution in [1.82, 2.24) is 4.98 Å². The summed E-state index contributed by atoms with van der Waals surface area (Å²) in [6, 6.07) is 13.5. The van der Waals surface area contributed by atoms with Crippen LogP contribution in [0.1, 0.15) is 54.6 Å². The Morgan fingerprint density at radius 3 is 2.24 bits per heavy atom. The fraction of sp³-hybridized carbons (Fsp3) is 0.455. The van der Waals surface area contributed by atoms with Crippen molar-refractivity contribution in [2.24, 2.45) is 17.8 Å². The molecular weight excluding hydrogens is 308 g/mol. The van der Waals surface area contributed by atoms with Crippen molar-refractivity contribution < 1.29 is 4.79 Å². The number of hydrogen-bond donors (Lipinski definition) is 1. The number of carbonyl (C=O) groups is 1. The summed E-state index contributed by atoms with van der Waals surface area (Å²) in [5.74, 6) is 2.61. The maximum Gasteiger partial charge on any atom is 0.255 e. The molecule has 4 aliphatic rings. The van der Waals surface area contributed by atoms with Crippen LogP contribution in [0.4, 0.5) is 5.69 Å². The maximum absolute atomic E-state index is 12.7. The molecule has 3 nitrogen and oxygen atoms in total. The zero-order chi connectivity index (χ0) is 16.9. The molecule has 4 fully saturated rings. The van der Waals surface area contributed by atoms with Gasteiger partial charge in [-0.05, 0) is 80.5 Å². The predicted molar refractivity (Wildman–Crippen MR) is 98.5 cm³/mol. The van der Waals surface area contributed by atoms with Crippen LogP contribution in [0.25, 0.3) is 0 Å². The highest BCUT2D eigenvalue weighted by molar-refractivity contribution is 6.04. The SMILES string of the molecule is O=C(Nc1ccccc1)c1ccnc(C23CC4CC(CC(C4)C2)C3)c1. The molecule has 25 heavy (non-hydrogen) atoms. The minimum atomic E-state index is -0.0421. The third-order valence-electron chi connectivity index (χ3n) is 6.64. The Bertz CT molecular complexity index is 763. The average molecular weight is 332 g/mol. The summed E-state index contributed by atoms with van der Waals surface area (Å²) in [6.07, 6.45) is 9.92. The van der Waals surface area contributed by atoms with Gasteiger partial charge in [-0.15, -0.1) is 0 Å². The third kappa shape index (κ3) is 2.66. The van der Waals surface area contributed by atoms with Crippen molar-refractivity contribution in [3.63, 3.8) is 0 Å². The number of para-hydroxylation sites is 1. The zero-order valence-electron chi connectivity index (χ0n) is 14.4. The molecule has 1 N–H and O–H groups in total. The van der Waals surface area contributed by atoms with E-state index in [-0.39, 0.29) is 11.3 Å². The summed E-state index contributed by atoms with van der Waals surface area (Å²) in [4.78, 5) is 17.4. The van der Waals surface area contributed by atoms with Gasteiger partial charge in [-0.25, -0.2) is 0 Å². The van der Waals surface area contributed by atoms with Crippen LogP contribution in [0.2, 0.25) is 0 Å². The lowest BCUT2D eigenvalue weighted by Gasteiger charge is -2.56. The van der Waals surface area contributed by atoms with E-state index in [1.54, 1.807) is 0 Å². The van der Waals surface area contributed by atoms with Crippen LogP contribution < -0.4 is 5.32 Å². The van der Waals surface area contributed by atoms with Crippen LogP contribution in [0.15, 0.2) is 48.7 Å². The lowest BCUT2D eigenvalue weighted by atomic mass is 9.48. The van der Waals surface area contributed by atoms with Crippen LogP contribution >= 0.6 is 0 Å². The lowest BCUT2D eigenvalue weighted by molar-refractivity contribution is -0.00721. The molecule has 0 radical (unpaired) electrons. The molecule has 4 saturated carbocycles. The highest BCUT2D eigenvalue weighted by Gasteiger charge is 2.52. The van der Waals surface area contributed by atoms with Crippen LogP contribution in [-0.4, -0.2) is 10.9 Å². The first-order valence-electron chi connectivity index (χ1n) is 9.53. The Kier molecular flexibility index (Phi) is 3.44. The van der Waals surface area contributed by atoms with Crippen LogP contribution in [-0.2, 0) is 5.41 Å². The second kappa shape index (κ2) is 5.69. The first kappa shape index (κ1) is 15.1. The van der Waals surface area contributed by atoms with Gasteiger partial charge in [0.2, 0.25) is 0 Å². The van der Waals surface area contributed by atoms with E-state index in [4.69, 9.17) is 4.98 Å². The monoisotopic (exact) mass is 332 g/mol. The molecule has 1 aromatic heterocycles. The van der Waals surface area contributed by atoms with Gasteiger partial charge in [0.1, 0.15) is 0 Å². The molecule has 1 aromatic carbocycles. The van der Waals surface area contributed by atoms with Gasteiger partial charge in [0, 0.05) is 28.6 Å². The van der Waals surface area contributed by atoms with Gasteiger partial charge in [0.15, 0.2) is 0 Å². The quantitative estimate of drug-likeness (QED) is 0.877. The number of pyridine rings is 1. The molecule has 6 rings (SSSR count). The van der Waals surface area contributed by atoms with Crippen LogP contribution in [0, 0.1) is 17.8 Å². The van der Waals surface area contributed by atoms with Gasteiger partial charge in [0.05, 0.1) is 0 Å². The maximum atomic E-state index is 12.7. The third-order valence-corrected chi connectivity index (χ3v) is 6.64. The molecule has 0 saturated heterocycles. The van der Waals surface area contributed by atoms with Crippen molar-refractivity contribution in [2.75, 3.05) is 5.32 Å². The fourth-order valence-corrected chi connectivity index (χ4v) is 6.01. The van der Waals surface area contributed by atoms with Gasteiger partial charge < -0.3 is 5.32 Å². The van der Waals surface area contributed by atoms with E-state index >= 15 is 0 Å². The van der Waals surface area contributed by atoms with E-state index < -0.39 is 0 Å². The highest BCUT2D eigenvalue weighted by Crippen LogP contribution is 2.60. The molecule has 0 unspecified atom stereocenters. The molecule has 1 amide bonds. The van der Waals surface area contributed by atoms with E-state index in [0.29, 0.717) is 0 Å². The second-order valence-electron chi connectivity index (χ2n) is 8.45. The predicted octanol–water partition coefficient (Wildman–Crippen LogP) is 4.80.